The lowest BCUT2D eigenvalue weighted by Gasteiger charge is -2.10. The first-order valence-corrected chi connectivity index (χ1v) is 10.7. The molecule has 28 heavy (non-hydrogen) atoms. The Morgan fingerprint density at radius 3 is 2.96 bits per heavy atom. The van der Waals surface area contributed by atoms with Crippen LogP contribution in [0.1, 0.15) is 41.0 Å². The molecular weight excluding hydrogens is 397 g/mol. The van der Waals surface area contributed by atoms with E-state index in [1.54, 1.807) is 0 Å². The predicted octanol–water partition coefficient (Wildman–Crippen LogP) is 5.91. The molecule has 0 aliphatic carbocycles. The Hall–Kier alpha value is -2.38. The van der Waals surface area contributed by atoms with Crippen LogP contribution in [0.25, 0.3) is 22.0 Å². The van der Waals surface area contributed by atoms with E-state index in [9.17, 15) is 19.1 Å². The van der Waals surface area contributed by atoms with Crippen LogP contribution in [0.15, 0.2) is 40.0 Å². The predicted molar refractivity (Wildman–Crippen MR) is 111 cm³/mol. The molecule has 0 amide bonds. The van der Waals surface area contributed by atoms with Gasteiger partial charge in [0.2, 0.25) is 0 Å². The van der Waals surface area contributed by atoms with Crippen molar-refractivity contribution in [2.75, 3.05) is 0 Å². The van der Waals surface area contributed by atoms with Crippen molar-refractivity contribution >= 4 is 46.3 Å². The molecule has 144 valence electrons. The van der Waals surface area contributed by atoms with Gasteiger partial charge in [0, 0.05) is 34.0 Å². The van der Waals surface area contributed by atoms with Crippen molar-refractivity contribution in [3.05, 3.63) is 51.5 Å². The summed E-state index contributed by atoms with van der Waals surface area (Å²) in [5.74, 6) is -1.31. The maximum atomic E-state index is 14.5. The van der Waals surface area contributed by atoms with E-state index in [4.69, 9.17) is 0 Å². The third-order valence-corrected chi connectivity index (χ3v) is 6.95. The number of aldehydes is 1. The summed E-state index contributed by atoms with van der Waals surface area (Å²) in [5.41, 5.74) is 3.11. The van der Waals surface area contributed by atoms with E-state index in [0.29, 0.717) is 22.5 Å². The van der Waals surface area contributed by atoms with Crippen molar-refractivity contribution in [2.24, 2.45) is 0 Å². The van der Waals surface area contributed by atoms with Crippen LogP contribution < -0.4 is 0 Å². The van der Waals surface area contributed by atoms with Gasteiger partial charge in [-0.25, -0.2) is 4.39 Å². The monoisotopic (exact) mass is 415 g/mol. The van der Waals surface area contributed by atoms with Gasteiger partial charge in [0.25, 0.3) is 0 Å². The minimum atomic E-state index is -0.835. The van der Waals surface area contributed by atoms with Crippen molar-refractivity contribution < 1.29 is 19.1 Å². The number of allylic oxidation sites excluding steroid dienone is 1. The smallest absolute Gasteiger partial charge is 0.304 e. The van der Waals surface area contributed by atoms with Gasteiger partial charge in [-0.15, -0.1) is 11.3 Å². The van der Waals surface area contributed by atoms with Crippen LogP contribution in [0.5, 0.6) is 0 Å². The van der Waals surface area contributed by atoms with Gasteiger partial charge >= 0.3 is 5.97 Å². The number of halogens is 1. The maximum Gasteiger partial charge on any atom is 0.304 e. The van der Waals surface area contributed by atoms with Gasteiger partial charge in [0.1, 0.15) is 5.82 Å². The summed E-state index contributed by atoms with van der Waals surface area (Å²) >= 11 is 2.85. The number of rotatable bonds is 6. The van der Waals surface area contributed by atoms with Gasteiger partial charge in [-0.3, -0.25) is 9.59 Å². The minimum Gasteiger partial charge on any atom is -0.481 e. The fourth-order valence-corrected chi connectivity index (χ4v) is 5.72. The highest BCUT2D eigenvalue weighted by molar-refractivity contribution is 8.02. The van der Waals surface area contributed by atoms with Crippen LogP contribution in [-0.2, 0) is 11.3 Å². The SMILES string of the molecule is C/C=C/Sc1c2n(c3cc(F)cc(-c4ccsc4C=O)c13)CCC2CC(=O)O. The molecule has 2 aromatic heterocycles. The highest BCUT2D eigenvalue weighted by atomic mass is 32.2. The van der Waals surface area contributed by atoms with Crippen LogP contribution in [0.3, 0.4) is 0 Å². The maximum absolute atomic E-state index is 14.5. The Balaban J connectivity index is 2.05. The zero-order chi connectivity index (χ0) is 19.8. The van der Waals surface area contributed by atoms with Gasteiger partial charge in [-0.1, -0.05) is 17.8 Å². The Bertz CT molecular complexity index is 1110. The molecule has 1 N–H and O–H groups in total. The standard InChI is InChI=1S/C21H18FNO3S2/c1-2-6-28-21-19-15(14-4-7-27-17(14)11-24)9-13(22)10-16(19)23-5-3-12(20(21)23)8-18(25)26/h2,4,6-7,9-12H,3,5,8H2,1H3,(H,25,26)/b6-2+. The molecule has 7 heteroatoms. The Labute approximate surface area is 169 Å². The quantitative estimate of drug-likeness (QED) is 0.402. The van der Waals surface area contributed by atoms with E-state index in [1.165, 1.54) is 35.2 Å². The fourth-order valence-electron chi connectivity index (χ4n) is 4.00. The molecule has 4 nitrogen and oxygen atoms in total. The first-order valence-electron chi connectivity index (χ1n) is 8.93. The molecule has 1 unspecified atom stereocenters. The molecule has 0 radical (unpaired) electrons. The summed E-state index contributed by atoms with van der Waals surface area (Å²) in [6.45, 7) is 2.58. The number of thiophene rings is 1. The minimum absolute atomic E-state index is 0.0512. The molecule has 3 aromatic rings. The number of fused-ring (bicyclic) bond motifs is 3. The first kappa shape index (κ1) is 19.0. The molecule has 0 fully saturated rings. The largest absolute Gasteiger partial charge is 0.481 e. The zero-order valence-electron chi connectivity index (χ0n) is 15.1. The van der Waals surface area contributed by atoms with Crippen molar-refractivity contribution in [2.45, 2.75) is 37.1 Å². The number of carboxylic acids is 1. The second-order valence-electron chi connectivity index (χ2n) is 6.70. The summed E-state index contributed by atoms with van der Waals surface area (Å²) in [5, 5.41) is 14.0. The average Bonchev–Trinajstić information content (AvgIpc) is 3.35. The number of hydrogen-bond acceptors (Lipinski definition) is 4. The van der Waals surface area contributed by atoms with Crippen LogP contribution in [0.4, 0.5) is 4.39 Å². The van der Waals surface area contributed by atoms with Crippen LogP contribution in [0.2, 0.25) is 0 Å². The molecule has 0 spiro atoms. The van der Waals surface area contributed by atoms with Gasteiger partial charge < -0.3 is 9.67 Å². The lowest BCUT2D eigenvalue weighted by Crippen LogP contribution is -2.04. The molecule has 3 heterocycles. The van der Waals surface area contributed by atoms with Crippen molar-refractivity contribution in [1.82, 2.24) is 4.57 Å². The second-order valence-corrected chi connectivity index (χ2v) is 8.56. The summed E-state index contributed by atoms with van der Waals surface area (Å²) < 4.78 is 16.6. The number of carboxylic acid groups (broad SMARTS) is 1. The highest BCUT2D eigenvalue weighted by Crippen LogP contribution is 2.48. The molecule has 0 saturated heterocycles. The molecule has 4 rings (SSSR count). The number of nitrogens with zero attached hydrogens (tertiary/aromatic N) is 1. The van der Waals surface area contributed by atoms with E-state index in [-0.39, 0.29) is 18.2 Å². The van der Waals surface area contributed by atoms with E-state index >= 15 is 0 Å². The van der Waals surface area contributed by atoms with E-state index in [1.807, 2.05) is 34.4 Å². The number of carbonyl (C=O) groups is 2. The number of aryl methyl sites for hydroxylation is 1. The molecule has 1 atom stereocenters. The third-order valence-electron chi connectivity index (χ3n) is 5.05. The molecule has 1 aromatic carbocycles. The van der Waals surface area contributed by atoms with Crippen LogP contribution >= 0.6 is 23.1 Å². The summed E-state index contributed by atoms with van der Waals surface area (Å²) in [6, 6.07) is 4.82. The zero-order valence-corrected chi connectivity index (χ0v) is 16.8. The van der Waals surface area contributed by atoms with Gasteiger partial charge in [0.15, 0.2) is 6.29 Å². The number of benzene rings is 1. The highest BCUT2D eigenvalue weighted by Gasteiger charge is 2.32. The van der Waals surface area contributed by atoms with Gasteiger partial charge in [-0.05, 0) is 47.9 Å². The number of thioether (sulfide) groups is 1. The van der Waals surface area contributed by atoms with E-state index < -0.39 is 5.97 Å². The molecule has 1 aliphatic rings. The topological polar surface area (TPSA) is 59.3 Å². The lowest BCUT2D eigenvalue weighted by atomic mass is 9.97. The lowest BCUT2D eigenvalue weighted by molar-refractivity contribution is -0.137. The molecule has 0 saturated carbocycles. The third kappa shape index (κ3) is 3.08. The normalized spacial score (nSPS) is 16.1. The van der Waals surface area contributed by atoms with E-state index in [0.717, 1.165) is 34.2 Å². The summed E-state index contributed by atoms with van der Waals surface area (Å²) in [6.07, 6.45) is 3.50. The Morgan fingerprint density at radius 2 is 2.25 bits per heavy atom. The molecule has 1 aliphatic heterocycles. The van der Waals surface area contributed by atoms with Gasteiger partial charge in [0.05, 0.1) is 16.8 Å². The number of aliphatic carboxylic acids is 1. The van der Waals surface area contributed by atoms with Crippen molar-refractivity contribution in [1.29, 1.82) is 0 Å². The number of aromatic nitrogens is 1. The second kappa shape index (κ2) is 7.56. The van der Waals surface area contributed by atoms with Crippen molar-refractivity contribution in [3.63, 3.8) is 0 Å². The average molecular weight is 416 g/mol. The van der Waals surface area contributed by atoms with Crippen LogP contribution in [0, 0.1) is 5.82 Å². The molecular formula is C21H18FNO3S2. The van der Waals surface area contributed by atoms with Gasteiger partial charge in [-0.2, -0.15) is 0 Å². The Morgan fingerprint density at radius 1 is 1.43 bits per heavy atom. The fraction of sp³-hybridized carbons (Fsp3) is 0.238. The summed E-state index contributed by atoms with van der Waals surface area (Å²) in [7, 11) is 0. The number of carbonyl (C=O) groups excluding carboxylic acids is 1. The van der Waals surface area contributed by atoms with Crippen molar-refractivity contribution in [3.8, 4) is 11.1 Å². The summed E-state index contributed by atoms with van der Waals surface area (Å²) in [4.78, 5) is 24.4. The number of hydrogen-bond donors (Lipinski definition) is 1. The Kier molecular flexibility index (Phi) is 5.12. The molecule has 0 bridgehead atoms. The van der Waals surface area contributed by atoms with E-state index in [2.05, 4.69) is 0 Å². The first-order chi connectivity index (χ1) is 13.5. The van der Waals surface area contributed by atoms with Crippen LogP contribution in [-0.4, -0.2) is 21.9 Å².